The van der Waals surface area contributed by atoms with Crippen molar-refractivity contribution in [2.75, 3.05) is 49.9 Å². The van der Waals surface area contributed by atoms with Crippen LogP contribution in [0.15, 0.2) is 103 Å². The van der Waals surface area contributed by atoms with Crippen LogP contribution in [0.25, 0.3) is 22.3 Å². The molecule has 14 rings (SSSR count). The average Bonchev–Trinajstić information content (AvgIpc) is 1.62. The van der Waals surface area contributed by atoms with Crippen molar-refractivity contribution < 1.29 is 32.3 Å². The van der Waals surface area contributed by atoms with Crippen LogP contribution < -0.4 is 10.6 Å². The number of hydrogen-bond donors (Lipinski definition) is 2. The number of carbonyl (C=O) groups is 4. The zero-order valence-electron chi connectivity index (χ0n) is 50.2. The van der Waals surface area contributed by atoms with E-state index in [9.17, 15) is 32.3 Å². The lowest BCUT2D eigenvalue weighted by Gasteiger charge is -2.34. The Balaban J connectivity index is 0.000000174. The van der Waals surface area contributed by atoms with Crippen molar-refractivity contribution in [3.8, 4) is 22.3 Å². The Labute approximate surface area is 545 Å². The molecule has 0 aliphatic carbocycles. The van der Waals surface area contributed by atoms with Crippen LogP contribution in [0, 0.1) is 0 Å². The maximum atomic E-state index is 14.9. The number of hydrogen-bond acceptors (Lipinski definition) is 12. The summed E-state index contributed by atoms with van der Waals surface area (Å²) in [5.74, 6) is -1.18. The van der Waals surface area contributed by atoms with Gasteiger partial charge in [0.15, 0.2) is 22.3 Å². The van der Waals surface area contributed by atoms with E-state index in [2.05, 4.69) is 79.3 Å². The highest BCUT2D eigenvalue weighted by molar-refractivity contribution is 7.14. The largest absolute Gasteiger partial charge is 0.331 e. The van der Waals surface area contributed by atoms with Crippen LogP contribution in [0.5, 0.6) is 0 Å². The van der Waals surface area contributed by atoms with Crippen LogP contribution in [-0.2, 0) is 55.0 Å². The minimum Gasteiger partial charge on any atom is -0.331 e. The molecule has 0 bridgehead atoms. The number of amides is 4. The zero-order valence-corrected chi connectivity index (χ0v) is 53.3. The van der Waals surface area contributed by atoms with E-state index in [1.807, 2.05) is 42.5 Å². The fourth-order valence-corrected chi connectivity index (χ4v) is 15.8. The van der Waals surface area contributed by atoms with Gasteiger partial charge in [0, 0.05) is 105 Å². The van der Waals surface area contributed by atoms with Gasteiger partial charge in [0.25, 0.3) is 23.6 Å². The number of imidazole rings is 2. The van der Waals surface area contributed by atoms with Crippen LogP contribution in [0.1, 0.15) is 149 Å². The summed E-state index contributed by atoms with van der Waals surface area (Å²) in [4.78, 5) is 80.7. The van der Waals surface area contributed by atoms with Crippen LogP contribution in [0.2, 0.25) is 10.0 Å². The number of aromatic nitrogens is 6. The lowest BCUT2D eigenvalue weighted by molar-refractivity contribution is -0.121. The van der Waals surface area contributed by atoms with Gasteiger partial charge in [-0.15, -0.1) is 22.7 Å². The fraction of sp³-hybridized carbons (Fsp3) is 0.412. The summed E-state index contributed by atoms with van der Waals surface area (Å²) < 4.78 is 47.1. The molecule has 2 saturated heterocycles. The van der Waals surface area contributed by atoms with Crippen molar-refractivity contribution >= 4 is 79.8 Å². The highest BCUT2D eigenvalue weighted by Gasteiger charge is 2.45. The van der Waals surface area contributed by atoms with Crippen LogP contribution in [0.3, 0.4) is 0 Å². The molecule has 2 N–H and O–H groups in total. The second-order valence-electron chi connectivity index (χ2n) is 24.2. The predicted molar refractivity (Wildman–Crippen MR) is 351 cm³/mol. The van der Waals surface area contributed by atoms with E-state index < -0.39 is 42.4 Å². The molecule has 476 valence electrons. The van der Waals surface area contributed by atoms with Crippen molar-refractivity contribution in [1.82, 2.24) is 48.7 Å². The van der Waals surface area contributed by atoms with Gasteiger partial charge in [0.05, 0.1) is 37.1 Å². The van der Waals surface area contributed by atoms with Crippen molar-refractivity contribution in [2.24, 2.45) is 0 Å². The van der Waals surface area contributed by atoms with Gasteiger partial charge in [-0.3, -0.25) is 29.8 Å². The lowest BCUT2D eigenvalue weighted by atomic mass is 9.84. The SMILES string of the molecule is C.CCCN1CCC(c2ccc(-c3cc(Cl)c4c(c3)C(=O)N(C(C(=O)Nc3nccs3)c3ncn5c3C[C@@H](F)C5)C4)cc2CC)CC1.CCN1CC[C@H](c2ccc(-c3cc(Cl)c4c(c3)C(=O)N(C(C(=O)Nc3nccs3)c3ncn5c3C[C@@H](F)C5)C4)cc2)[C@@H](F)C1. The summed E-state index contributed by atoms with van der Waals surface area (Å²) in [6.45, 7) is 12.7. The molecule has 0 spiro atoms. The molecule has 4 aromatic heterocycles. The van der Waals surface area contributed by atoms with Gasteiger partial charge in [-0.25, -0.2) is 33.1 Å². The minimum atomic E-state index is -1.10. The first kappa shape index (κ1) is 63.9. The van der Waals surface area contributed by atoms with Gasteiger partial charge >= 0.3 is 0 Å². The number of fused-ring (bicyclic) bond motifs is 4. The third kappa shape index (κ3) is 12.7. The smallest absolute Gasteiger partial charge is 0.255 e. The molecule has 6 atom stereocenters. The molecular formula is C68H73Cl2F3N12O4S2. The third-order valence-corrected chi connectivity index (χ3v) is 20.8. The van der Waals surface area contributed by atoms with Crippen LogP contribution >= 0.6 is 45.9 Å². The Morgan fingerprint density at radius 3 is 1.64 bits per heavy atom. The number of thiazole rings is 2. The number of rotatable bonds is 16. The highest BCUT2D eigenvalue weighted by Crippen LogP contribution is 2.44. The molecule has 16 nitrogen and oxygen atoms in total. The molecule has 4 aromatic carbocycles. The highest BCUT2D eigenvalue weighted by atomic mass is 35.5. The maximum absolute atomic E-state index is 14.9. The van der Waals surface area contributed by atoms with Crippen molar-refractivity contribution in [1.29, 1.82) is 0 Å². The summed E-state index contributed by atoms with van der Waals surface area (Å²) in [7, 11) is 0. The number of likely N-dealkylation sites (tertiary alicyclic amines) is 2. The Kier molecular flexibility index (Phi) is 19.0. The van der Waals surface area contributed by atoms with Crippen LogP contribution in [0.4, 0.5) is 23.4 Å². The Morgan fingerprint density at radius 1 is 0.637 bits per heavy atom. The first-order chi connectivity index (χ1) is 43.6. The molecule has 8 aromatic rings. The lowest BCUT2D eigenvalue weighted by Crippen LogP contribution is -2.40. The number of anilines is 2. The van der Waals surface area contributed by atoms with Gasteiger partial charge in [0.1, 0.15) is 18.5 Å². The zero-order chi connectivity index (χ0) is 62.5. The van der Waals surface area contributed by atoms with E-state index in [0.717, 1.165) is 66.8 Å². The Hall–Kier alpha value is -7.27. The molecular weight excluding hydrogens is 1240 g/mol. The molecule has 10 heterocycles. The average molecular weight is 1310 g/mol. The molecule has 4 amide bonds. The number of carbonyl (C=O) groups excluding carboxylic acids is 4. The maximum Gasteiger partial charge on any atom is 0.255 e. The second kappa shape index (κ2) is 27.1. The van der Waals surface area contributed by atoms with E-state index in [4.69, 9.17) is 23.2 Å². The van der Waals surface area contributed by atoms with E-state index in [1.165, 1.54) is 75.7 Å². The Morgan fingerprint density at radius 2 is 1.15 bits per heavy atom. The van der Waals surface area contributed by atoms with Gasteiger partial charge in [0.2, 0.25) is 0 Å². The number of piperidine rings is 2. The number of nitrogens with one attached hydrogen (secondary N) is 2. The summed E-state index contributed by atoms with van der Waals surface area (Å²) in [5, 5.41) is 10.8. The topological polar surface area (TPSA) is 167 Å². The predicted octanol–water partition coefficient (Wildman–Crippen LogP) is 13.7. The second-order valence-corrected chi connectivity index (χ2v) is 26.8. The summed E-state index contributed by atoms with van der Waals surface area (Å²) in [5.41, 5.74) is 11.3. The molecule has 23 heteroatoms. The van der Waals surface area contributed by atoms with Crippen molar-refractivity contribution in [3.63, 3.8) is 0 Å². The fourth-order valence-electron chi connectivity index (χ4n) is 14.1. The van der Waals surface area contributed by atoms with Gasteiger partial charge in [-0.05, 0) is 134 Å². The number of halogens is 5. The quantitative estimate of drug-likeness (QED) is 0.0950. The number of nitrogens with zero attached hydrogens (tertiary/aromatic N) is 10. The van der Waals surface area contributed by atoms with E-state index in [0.29, 0.717) is 77.8 Å². The first-order valence-corrected chi connectivity index (χ1v) is 33.5. The third-order valence-electron chi connectivity index (χ3n) is 18.7. The summed E-state index contributed by atoms with van der Waals surface area (Å²) >= 11 is 16.2. The summed E-state index contributed by atoms with van der Waals surface area (Å²) in [6, 6.07) is 19.7. The number of alkyl halides is 3. The molecule has 2 unspecified atom stereocenters. The van der Waals surface area contributed by atoms with E-state index >= 15 is 0 Å². The minimum absolute atomic E-state index is 0. The van der Waals surface area contributed by atoms with Crippen molar-refractivity contribution in [2.45, 2.75) is 142 Å². The van der Waals surface area contributed by atoms with E-state index in [-0.39, 0.29) is 64.2 Å². The van der Waals surface area contributed by atoms with Gasteiger partial charge in [-0.1, -0.05) is 93.9 Å². The molecule has 0 radical (unpaired) electrons. The molecule has 0 saturated carbocycles. The van der Waals surface area contributed by atoms with Crippen LogP contribution in [-0.4, -0.2) is 130 Å². The molecule has 2 fully saturated rings. The molecule has 6 aliphatic rings. The normalized spacial score (nSPS) is 20.4. The van der Waals surface area contributed by atoms with Crippen molar-refractivity contribution in [3.05, 3.63) is 174 Å². The summed E-state index contributed by atoms with van der Waals surface area (Å²) in [6.07, 6.45) is 8.68. The van der Waals surface area contributed by atoms with E-state index in [1.54, 1.807) is 44.7 Å². The first-order valence-electron chi connectivity index (χ1n) is 31.0. The molecule has 6 aliphatic heterocycles. The van der Waals surface area contributed by atoms with Gasteiger partial charge < -0.3 is 28.7 Å². The number of aryl methyl sites for hydroxylation is 1. The Bertz CT molecular complexity index is 3990. The monoisotopic (exact) mass is 1310 g/mol. The standard InChI is InChI=1S/C35H38ClFN6O2S.C32H31ClF2N6O2S.CH4/c1-3-10-41-11-7-22(8-12-41)26-6-5-23(14-21(26)4-2)24-15-27-28(29(36)16-24)19-43(34(27)45)32(33(44)40-35-38-9-13-46-35)31-30-17-25(37)18-42(30)20-39-31;1-2-39-9-7-22(26(35)16-39)19-5-3-18(4-6-19)20-11-23-24(25(33)12-20)15-41(31(23)43)29(30(42)38-32-36-8-10-44-32)28-27-13-21(34)14-40(27)17-37-28;/h5-6,9,13-16,20,22,25,32H,3-4,7-8,10-12,17-19H2,1-2H3,(H,38,40,44);3-6,8,10-12,17,21-22,26,29H,2,7,9,13-16H2,1H3,(H,36,38,42);1H4/t25-,32?;21-,22-,26+,29?;/m11./s1. The molecule has 91 heavy (non-hydrogen) atoms. The number of benzene rings is 4. The van der Waals surface area contributed by atoms with Gasteiger partial charge in [-0.2, -0.15) is 0 Å².